The molecule has 1 fully saturated rings. The predicted molar refractivity (Wildman–Crippen MR) is 68.0 cm³/mol. The van der Waals surface area contributed by atoms with Crippen molar-refractivity contribution in [2.75, 3.05) is 0 Å². The molecule has 0 aromatic heterocycles. The van der Waals surface area contributed by atoms with Gasteiger partial charge in [-0.1, -0.05) is 31.0 Å². The molecular formula is C13H18N2O3. The van der Waals surface area contributed by atoms with Crippen LogP contribution in [0.4, 0.5) is 5.69 Å². The van der Waals surface area contributed by atoms with Crippen molar-refractivity contribution in [2.45, 2.75) is 44.8 Å². The number of nitro benzene ring substituents is 1. The molecule has 0 amide bonds. The van der Waals surface area contributed by atoms with Crippen LogP contribution in [0, 0.1) is 10.1 Å². The van der Waals surface area contributed by atoms with Gasteiger partial charge in [-0.15, -0.1) is 0 Å². The molecule has 5 heteroatoms. The second-order valence-electron chi connectivity index (χ2n) is 4.68. The zero-order valence-corrected chi connectivity index (χ0v) is 10.5. The van der Waals surface area contributed by atoms with E-state index in [4.69, 9.17) is 4.84 Å². The normalized spacial score (nSPS) is 17.8. The zero-order valence-electron chi connectivity index (χ0n) is 10.5. The van der Waals surface area contributed by atoms with E-state index in [-0.39, 0.29) is 22.8 Å². The van der Waals surface area contributed by atoms with E-state index in [0.29, 0.717) is 5.56 Å². The largest absolute Gasteiger partial charge is 0.298 e. The Morgan fingerprint density at radius 2 is 2.06 bits per heavy atom. The van der Waals surface area contributed by atoms with E-state index < -0.39 is 0 Å². The summed E-state index contributed by atoms with van der Waals surface area (Å²) in [5.41, 5.74) is 3.72. The minimum Gasteiger partial charge on any atom is -0.298 e. The molecule has 1 atom stereocenters. The Morgan fingerprint density at radius 3 is 2.72 bits per heavy atom. The van der Waals surface area contributed by atoms with Crippen LogP contribution in [0.2, 0.25) is 0 Å². The van der Waals surface area contributed by atoms with Crippen molar-refractivity contribution in [2.24, 2.45) is 0 Å². The van der Waals surface area contributed by atoms with Gasteiger partial charge in [0.05, 0.1) is 17.1 Å². The van der Waals surface area contributed by atoms with Crippen molar-refractivity contribution < 1.29 is 9.76 Å². The highest BCUT2D eigenvalue weighted by Crippen LogP contribution is 2.26. The maximum Gasteiger partial charge on any atom is 0.274 e. The van der Waals surface area contributed by atoms with Gasteiger partial charge in [-0.3, -0.25) is 15.0 Å². The number of nitrogens with zero attached hydrogens (tertiary/aromatic N) is 1. The smallest absolute Gasteiger partial charge is 0.274 e. The number of hydrogen-bond acceptors (Lipinski definition) is 4. The van der Waals surface area contributed by atoms with Gasteiger partial charge >= 0.3 is 0 Å². The lowest BCUT2D eigenvalue weighted by atomic mass is 10.1. The van der Waals surface area contributed by atoms with Crippen molar-refractivity contribution in [1.82, 2.24) is 5.48 Å². The van der Waals surface area contributed by atoms with E-state index in [2.05, 4.69) is 5.48 Å². The van der Waals surface area contributed by atoms with Crippen molar-refractivity contribution in [1.29, 1.82) is 0 Å². The Morgan fingerprint density at radius 1 is 1.39 bits per heavy atom. The average molecular weight is 250 g/mol. The molecule has 1 aliphatic carbocycles. The molecule has 2 rings (SSSR count). The van der Waals surface area contributed by atoms with Crippen LogP contribution < -0.4 is 5.48 Å². The summed E-state index contributed by atoms with van der Waals surface area (Å²) in [7, 11) is 0. The topological polar surface area (TPSA) is 64.4 Å². The number of para-hydroxylation sites is 1. The first kappa shape index (κ1) is 13.0. The van der Waals surface area contributed by atoms with Crippen LogP contribution in [-0.2, 0) is 4.84 Å². The summed E-state index contributed by atoms with van der Waals surface area (Å²) in [6.07, 6.45) is 4.78. The van der Waals surface area contributed by atoms with Gasteiger partial charge in [-0.05, 0) is 19.8 Å². The lowest BCUT2D eigenvalue weighted by Crippen LogP contribution is -2.25. The highest BCUT2D eigenvalue weighted by Gasteiger charge is 2.21. The first-order chi connectivity index (χ1) is 8.68. The molecule has 5 nitrogen and oxygen atoms in total. The molecule has 98 valence electrons. The number of nitro groups is 1. The third-order valence-corrected chi connectivity index (χ3v) is 3.31. The second kappa shape index (κ2) is 5.93. The SMILES string of the molecule is CC(NOC1CCCC1)c1ccccc1[N+](=O)[O-]. The van der Waals surface area contributed by atoms with E-state index >= 15 is 0 Å². The van der Waals surface area contributed by atoms with Gasteiger partial charge in [0.15, 0.2) is 0 Å². The maximum absolute atomic E-state index is 10.9. The van der Waals surface area contributed by atoms with E-state index in [9.17, 15) is 10.1 Å². The van der Waals surface area contributed by atoms with Crippen molar-refractivity contribution in [3.63, 3.8) is 0 Å². The van der Waals surface area contributed by atoms with Crippen LogP contribution in [0.3, 0.4) is 0 Å². The summed E-state index contributed by atoms with van der Waals surface area (Å²) in [5.74, 6) is 0. The molecule has 0 bridgehead atoms. The Hall–Kier alpha value is -1.46. The van der Waals surface area contributed by atoms with Crippen LogP contribution in [0.1, 0.15) is 44.2 Å². The predicted octanol–water partition coefficient (Wildman–Crippen LogP) is 3.12. The Labute approximate surface area is 106 Å². The Balaban J connectivity index is 1.99. The minimum absolute atomic E-state index is 0.132. The zero-order chi connectivity index (χ0) is 13.0. The number of nitrogens with one attached hydrogen (secondary N) is 1. The molecule has 0 radical (unpaired) electrons. The van der Waals surface area contributed by atoms with Gasteiger partial charge in [0.25, 0.3) is 5.69 Å². The maximum atomic E-state index is 10.9. The van der Waals surface area contributed by atoms with Crippen molar-refractivity contribution in [3.05, 3.63) is 39.9 Å². The number of rotatable bonds is 5. The molecule has 1 N–H and O–H groups in total. The van der Waals surface area contributed by atoms with E-state index in [1.54, 1.807) is 18.2 Å². The number of hydrogen-bond donors (Lipinski definition) is 1. The molecule has 18 heavy (non-hydrogen) atoms. The van der Waals surface area contributed by atoms with Crippen LogP contribution in [0.5, 0.6) is 0 Å². The molecule has 1 unspecified atom stereocenters. The molecule has 0 aliphatic heterocycles. The molecular weight excluding hydrogens is 232 g/mol. The van der Waals surface area contributed by atoms with E-state index in [1.165, 1.54) is 18.9 Å². The summed E-state index contributed by atoms with van der Waals surface area (Å²) in [4.78, 5) is 16.1. The standard InChI is InChI=1S/C13H18N2O3/c1-10(14-18-11-6-2-3-7-11)12-8-4-5-9-13(12)15(16)17/h4-5,8-11,14H,2-3,6-7H2,1H3. The third kappa shape index (κ3) is 3.05. The van der Waals surface area contributed by atoms with Crippen molar-refractivity contribution in [3.8, 4) is 0 Å². The molecule has 0 saturated heterocycles. The molecule has 0 heterocycles. The quantitative estimate of drug-likeness (QED) is 0.644. The molecule has 1 aliphatic rings. The van der Waals surface area contributed by atoms with Gasteiger partial charge < -0.3 is 0 Å². The first-order valence-corrected chi connectivity index (χ1v) is 6.33. The third-order valence-electron chi connectivity index (χ3n) is 3.31. The lowest BCUT2D eigenvalue weighted by Gasteiger charge is -2.17. The summed E-state index contributed by atoms with van der Waals surface area (Å²) >= 11 is 0. The highest BCUT2D eigenvalue weighted by atomic mass is 16.7. The minimum atomic E-state index is -0.358. The van der Waals surface area contributed by atoms with Crippen LogP contribution >= 0.6 is 0 Å². The molecule has 1 aromatic rings. The summed E-state index contributed by atoms with van der Waals surface area (Å²) in [6, 6.07) is 6.56. The van der Waals surface area contributed by atoms with Gasteiger partial charge in [0.1, 0.15) is 0 Å². The first-order valence-electron chi connectivity index (χ1n) is 6.33. The fraction of sp³-hybridized carbons (Fsp3) is 0.538. The van der Waals surface area contributed by atoms with Gasteiger partial charge in [-0.25, -0.2) is 0 Å². The number of benzene rings is 1. The Kier molecular flexibility index (Phi) is 4.28. The van der Waals surface area contributed by atoms with Crippen LogP contribution in [0.25, 0.3) is 0 Å². The lowest BCUT2D eigenvalue weighted by molar-refractivity contribution is -0.385. The van der Waals surface area contributed by atoms with E-state index in [1.807, 2.05) is 6.92 Å². The fourth-order valence-corrected chi connectivity index (χ4v) is 2.29. The van der Waals surface area contributed by atoms with Gasteiger partial charge in [0, 0.05) is 11.6 Å². The van der Waals surface area contributed by atoms with E-state index in [0.717, 1.165) is 12.8 Å². The van der Waals surface area contributed by atoms with Crippen LogP contribution in [0.15, 0.2) is 24.3 Å². The summed E-state index contributed by atoms with van der Waals surface area (Å²) in [5, 5.41) is 10.9. The Bertz CT molecular complexity index is 416. The highest BCUT2D eigenvalue weighted by molar-refractivity contribution is 5.41. The average Bonchev–Trinajstić information content (AvgIpc) is 2.89. The monoisotopic (exact) mass is 250 g/mol. The molecule has 1 aromatic carbocycles. The molecule has 0 spiro atoms. The summed E-state index contributed by atoms with van der Waals surface area (Å²) in [6.45, 7) is 1.87. The van der Waals surface area contributed by atoms with Gasteiger partial charge in [0.2, 0.25) is 0 Å². The number of hydroxylamine groups is 1. The molecule has 1 saturated carbocycles. The second-order valence-corrected chi connectivity index (χ2v) is 4.68. The van der Waals surface area contributed by atoms with Crippen LogP contribution in [-0.4, -0.2) is 11.0 Å². The van der Waals surface area contributed by atoms with Gasteiger partial charge in [-0.2, -0.15) is 5.48 Å². The van der Waals surface area contributed by atoms with Crippen molar-refractivity contribution >= 4 is 5.69 Å². The summed E-state index contributed by atoms with van der Waals surface area (Å²) < 4.78 is 0. The fourth-order valence-electron chi connectivity index (χ4n) is 2.29.